The second kappa shape index (κ2) is 6.21. The van der Waals surface area contributed by atoms with Crippen molar-refractivity contribution in [2.75, 3.05) is 30.4 Å². The van der Waals surface area contributed by atoms with Gasteiger partial charge in [0.05, 0.1) is 30.0 Å². The van der Waals surface area contributed by atoms with Gasteiger partial charge in [0.15, 0.2) is 0 Å². The summed E-state index contributed by atoms with van der Waals surface area (Å²) in [5, 5.41) is 2.87. The summed E-state index contributed by atoms with van der Waals surface area (Å²) < 4.78 is 3.77. The van der Waals surface area contributed by atoms with Crippen molar-refractivity contribution in [1.29, 1.82) is 0 Å². The molecular formula is C16H18Cl2N2O3. The number of rotatable bonds is 4. The van der Waals surface area contributed by atoms with Gasteiger partial charge in [-0.05, 0) is 37.5 Å². The molecule has 1 atom stereocenters. The SMILES string of the molecule is COC(=O)c1ccc(N2CCCC2)c(NC(=O)[C@H]2CC2(Cl)Cl)c1. The molecule has 0 bridgehead atoms. The van der Waals surface area contributed by atoms with Crippen LogP contribution in [0.4, 0.5) is 11.4 Å². The van der Waals surface area contributed by atoms with Crippen molar-refractivity contribution in [3.05, 3.63) is 23.8 Å². The molecule has 0 aromatic heterocycles. The summed E-state index contributed by atoms with van der Waals surface area (Å²) >= 11 is 11.9. The molecule has 124 valence electrons. The van der Waals surface area contributed by atoms with Gasteiger partial charge in [-0.3, -0.25) is 4.79 Å². The van der Waals surface area contributed by atoms with Gasteiger partial charge in [-0.25, -0.2) is 4.79 Å². The second-order valence-corrected chi connectivity index (χ2v) is 7.47. The van der Waals surface area contributed by atoms with Crippen LogP contribution in [0.15, 0.2) is 18.2 Å². The Bertz CT molecular complexity index is 642. The molecule has 1 amide bonds. The van der Waals surface area contributed by atoms with E-state index >= 15 is 0 Å². The molecule has 23 heavy (non-hydrogen) atoms. The lowest BCUT2D eigenvalue weighted by atomic mass is 10.1. The van der Waals surface area contributed by atoms with Crippen LogP contribution in [-0.2, 0) is 9.53 Å². The molecule has 0 spiro atoms. The first-order valence-electron chi connectivity index (χ1n) is 7.58. The molecule has 1 aromatic carbocycles. The smallest absolute Gasteiger partial charge is 0.337 e. The summed E-state index contributed by atoms with van der Waals surface area (Å²) in [5.41, 5.74) is 1.89. The lowest BCUT2D eigenvalue weighted by molar-refractivity contribution is -0.117. The van der Waals surface area contributed by atoms with Crippen LogP contribution in [-0.4, -0.2) is 36.4 Å². The van der Waals surface area contributed by atoms with E-state index in [1.807, 2.05) is 6.07 Å². The first-order valence-corrected chi connectivity index (χ1v) is 8.34. The van der Waals surface area contributed by atoms with Crippen molar-refractivity contribution in [1.82, 2.24) is 0 Å². The number of hydrogen-bond donors (Lipinski definition) is 1. The Morgan fingerprint density at radius 3 is 2.52 bits per heavy atom. The molecule has 1 saturated carbocycles. The number of nitrogens with one attached hydrogen (secondary N) is 1. The summed E-state index contributed by atoms with van der Waals surface area (Å²) in [4.78, 5) is 26.2. The number of methoxy groups -OCH3 is 1. The number of halogens is 2. The quantitative estimate of drug-likeness (QED) is 0.664. The van der Waals surface area contributed by atoms with Gasteiger partial charge in [-0.1, -0.05) is 0 Å². The van der Waals surface area contributed by atoms with Crippen LogP contribution >= 0.6 is 23.2 Å². The fraction of sp³-hybridized carbons (Fsp3) is 0.500. The Kier molecular flexibility index (Phi) is 4.43. The number of benzene rings is 1. The minimum Gasteiger partial charge on any atom is -0.465 e. The number of hydrogen-bond acceptors (Lipinski definition) is 4. The first kappa shape index (κ1) is 16.4. The zero-order valence-electron chi connectivity index (χ0n) is 12.8. The topological polar surface area (TPSA) is 58.6 Å². The summed E-state index contributed by atoms with van der Waals surface area (Å²) in [5.74, 6) is -1.08. The number of esters is 1. The second-order valence-electron chi connectivity index (χ2n) is 5.92. The zero-order valence-corrected chi connectivity index (χ0v) is 14.3. The summed E-state index contributed by atoms with van der Waals surface area (Å²) in [6.45, 7) is 1.86. The van der Waals surface area contributed by atoms with Crippen molar-refractivity contribution in [2.24, 2.45) is 5.92 Å². The minimum absolute atomic E-state index is 0.225. The number of nitrogens with zero attached hydrogens (tertiary/aromatic N) is 1. The molecule has 1 saturated heterocycles. The predicted octanol–water partition coefficient (Wildman–Crippen LogP) is 3.21. The maximum Gasteiger partial charge on any atom is 0.337 e. The van der Waals surface area contributed by atoms with E-state index in [1.165, 1.54) is 7.11 Å². The first-order chi connectivity index (χ1) is 10.9. The third-order valence-electron chi connectivity index (χ3n) is 4.26. The number of carbonyl (C=O) groups is 2. The van der Waals surface area contributed by atoms with Crippen molar-refractivity contribution >= 4 is 46.5 Å². The molecule has 1 heterocycles. The highest BCUT2D eigenvalue weighted by Crippen LogP contribution is 2.53. The fourth-order valence-electron chi connectivity index (χ4n) is 2.83. The van der Waals surface area contributed by atoms with Gasteiger partial charge in [-0.2, -0.15) is 0 Å². The number of anilines is 2. The van der Waals surface area contributed by atoms with E-state index in [1.54, 1.807) is 12.1 Å². The van der Waals surface area contributed by atoms with Crippen molar-refractivity contribution < 1.29 is 14.3 Å². The predicted molar refractivity (Wildman–Crippen MR) is 90.4 cm³/mol. The van der Waals surface area contributed by atoms with Gasteiger partial charge in [0.1, 0.15) is 4.33 Å². The van der Waals surface area contributed by atoms with E-state index in [9.17, 15) is 9.59 Å². The highest BCUT2D eigenvalue weighted by Gasteiger charge is 2.56. The van der Waals surface area contributed by atoms with Crippen LogP contribution in [0.2, 0.25) is 0 Å². The molecule has 0 radical (unpaired) electrons. The van der Waals surface area contributed by atoms with E-state index in [0.29, 0.717) is 17.7 Å². The average molecular weight is 357 g/mol. The normalized spacial score (nSPS) is 21.9. The Morgan fingerprint density at radius 1 is 1.30 bits per heavy atom. The van der Waals surface area contributed by atoms with Gasteiger partial charge >= 0.3 is 5.97 Å². The highest BCUT2D eigenvalue weighted by molar-refractivity contribution is 6.52. The minimum atomic E-state index is -0.974. The fourth-order valence-corrected chi connectivity index (χ4v) is 3.34. The van der Waals surface area contributed by atoms with Gasteiger partial charge in [-0.15, -0.1) is 23.2 Å². The van der Waals surface area contributed by atoms with E-state index in [0.717, 1.165) is 31.6 Å². The standard InChI is InChI=1S/C16H18Cl2N2O3/c1-23-15(22)10-4-5-13(20-6-2-3-7-20)12(8-10)19-14(21)11-9-16(11,17)18/h4-5,8,11H,2-3,6-7,9H2,1H3,(H,19,21)/t11-/m1/s1. The van der Waals surface area contributed by atoms with Crippen LogP contribution in [0.25, 0.3) is 0 Å². The molecule has 0 unspecified atom stereocenters. The molecule has 1 aliphatic carbocycles. The summed E-state index contributed by atoms with van der Waals surface area (Å²) in [6, 6.07) is 5.19. The zero-order chi connectivity index (χ0) is 16.6. The number of carbonyl (C=O) groups excluding carboxylic acids is 2. The molecule has 1 aromatic rings. The van der Waals surface area contributed by atoms with E-state index in [-0.39, 0.29) is 5.91 Å². The number of ether oxygens (including phenoxy) is 1. The van der Waals surface area contributed by atoms with Crippen molar-refractivity contribution in [2.45, 2.75) is 23.6 Å². The van der Waals surface area contributed by atoms with E-state index in [2.05, 4.69) is 10.2 Å². The third-order valence-corrected chi connectivity index (χ3v) is 5.10. The van der Waals surface area contributed by atoms with Gasteiger partial charge in [0.2, 0.25) is 5.91 Å². The van der Waals surface area contributed by atoms with Crippen molar-refractivity contribution in [3.63, 3.8) is 0 Å². The molecule has 1 aliphatic heterocycles. The monoisotopic (exact) mass is 356 g/mol. The van der Waals surface area contributed by atoms with Crippen LogP contribution in [0, 0.1) is 5.92 Å². The van der Waals surface area contributed by atoms with Crippen LogP contribution in [0.1, 0.15) is 29.6 Å². The van der Waals surface area contributed by atoms with E-state index in [4.69, 9.17) is 27.9 Å². The molecule has 2 fully saturated rings. The molecule has 3 rings (SSSR count). The van der Waals surface area contributed by atoms with Crippen LogP contribution < -0.4 is 10.2 Å². The lowest BCUT2D eigenvalue weighted by Crippen LogP contribution is -2.23. The maximum absolute atomic E-state index is 12.3. The number of amides is 1. The molecule has 5 nitrogen and oxygen atoms in total. The molecule has 2 aliphatic rings. The Hall–Kier alpha value is -1.46. The summed E-state index contributed by atoms with van der Waals surface area (Å²) in [6.07, 6.45) is 2.67. The van der Waals surface area contributed by atoms with Gasteiger partial charge < -0.3 is 15.0 Å². The highest BCUT2D eigenvalue weighted by atomic mass is 35.5. The third kappa shape index (κ3) is 3.40. The average Bonchev–Trinajstić information content (AvgIpc) is 2.93. The lowest BCUT2D eigenvalue weighted by Gasteiger charge is -2.22. The molecule has 7 heteroatoms. The Morgan fingerprint density at radius 2 is 1.96 bits per heavy atom. The Labute approximate surface area is 144 Å². The van der Waals surface area contributed by atoms with Gasteiger partial charge in [0.25, 0.3) is 0 Å². The molecule has 1 N–H and O–H groups in total. The van der Waals surface area contributed by atoms with Gasteiger partial charge in [0, 0.05) is 13.1 Å². The molecular weight excluding hydrogens is 339 g/mol. The maximum atomic E-state index is 12.3. The van der Waals surface area contributed by atoms with Crippen LogP contribution in [0.5, 0.6) is 0 Å². The van der Waals surface area contributed by atoms with Crippen molar-refractivity contribution in [3.8, 4) is 0 Å². The Balaban J connectivity index is 1.87. The number of alkyl halides is 2. The van der Waals surface area contributed by atoms with E-state index < -0.39 is 16.2 Å². The van der Waals surface area contributed by atoms with Crippen LogP contribution in [0.3, 0.4) is 0 Å². The summed E-state index contributed by atoms with van der Waals surface area (Å²) in [7, 11) is 1.33. The largest absolute Gasteiger partial charge is 0.465 e.